The molecule has 0 aromatic carbocycles. The van der Waals surface area contributed by atoms with Crippen molar-refractivity contribution < 1.29 is 17.9 Å². The molecule has 0 aliphatic heterocycles. The summed E-state index contributed by atoms with van der Waals surface area (Å²) < 4.78 is 27.5. The molecule has 0 spiro atoms. The van der Waals surface area contributed by atoms with Crippen LogP contribution in [-0.4, -0.2) is 50.2 Å². The highest BCUT2D eigenvalue weighted by Crippen LogP contribution is 2.09. The highest BCUT2D eigenvalue weighted by molar-refractivity contribution is 7.90. The van der Waals surface area contributed by atoms with Gasteiger partial charge in [0.1, 0.15) is 15.4 Å². The van der Waals surface area contributed by atoms with Crippen LogP contribution in [0.2, 0.25) is 0 Å². The third kappa shape index (κ3) is 11.0. The Morgan fingerprint density at radius 3 is 2.10 bits per heavy atom. The predicted molar refractivity (Wildman–Crippen MR) is 80.6 cm³/mol. The van der Waals surface area contributed by atoms with Gasteiger partial charge in [-0.3, -0.25) is 0 Å². The molecule has 0 radical (unpaired) electrons. The Labute approximate surface area is 122 Å². The quantitative estimate of drug-likeness (QED) is 0.773. The smallest absolute Gasteiger partial charge is 0.408 e. The van der Waals surface area contributed by atoms with E-state index in [-0.39, 0.29) is 11.8 Å². The first-order chi connectivity index (χ1) is 8.70. The van der Waals surface area contributed by atoms with E-state index in [1.54, 1.807) is 27.7 Å². The summed E-state index contributed by atoms with van der Waals surface area (Å²) in [5, 5.41) is 5.86. The van der Waals surface area contributed by atoms with Gasteiger partial charge in [0, 0.05) is 18.8 Å². The summed E-state index contributed by atoms with van der Waals surface area (Å²) >= 11 is 0. The molecule has 2 N–H and O–H groups in total. The van der Waals surface area contributed by atoms with Crippen LogP contribution in [0.1, 0.15) is 41.5 Å². The molecule has 120 valence electrons. The van der Waals surface area contributed by atoms with Gasteiger partial charge in [-0.1, -0.05) is 0 Å². The Kier molecular flexibility index (Phi) is 6.48. The molecule has 0 rings (SSSR count). The molecule has 0 aromatic heterocycles. The molecule has 0 bridgehead atoms. The van der Waals surface area contributed by atoms with Crippen LogP contribution in [0.15, 0.2) is 0 Å². The van der Waals surface area contributed by atoms with E-state index in [9.17, 15) is 13.2 Å². The normalized spacial score (nSPS) is 14.8. The topological polar surface area (TPSA) is 84.5 Å². The second-order valence-electron chi connectivity index (χ2n) is 6.89. The maximum absolute atomic E-state index is 11.7. The number of carbonyl (C=O) groups is 1. The molecule has 0 aliphatic carbocycles. The number of amides is 1. The van der Waals surface area contributed by atoms with Gasteiger partial charge in [0.25, 0.3) is 0 Å². The maximum Gasteiger partial charge on any atom is 0.408 e. The van der Waals surface area contributed by atoms with Crippen molar-refractivity contribution in [2.75, 3.05) is 18.6 Å². The van der Waals surface area contributed by atoms with Crippen molar-refractivity contribution in [2.24, 2.45) is 0 Å². The van der Waals surface area contributed by atoms with Gasteiger partial charge in [-0.05, 0) is 41.5 Å². The summed E-state index contributed by atoms with van der Waals surface area (Å²) in [6, 6.07) is -0.176. The number of nitrogens with one attached hydrogen (secondary N) is 2. The molecule has 0 aliphatic rings. The summed E-state index contributed by atoms with van der Waals surface area (Å²) in [5.41, 5.74) is -1.08. The lowest BCUT2D eigenvalue weighted by atomic mass is 10.1. The van der Waals surface area contributed by atoms with Crippen molar-refractivity contribution in [2.45, 2.75) is 58.7 Å². The van der Waals surface area contributed by atoms with Crippen LogP contribution in [0.4, 0.5) is 4.79 Å². The Morgan fingerprint density at radius 1 is 1.20 bits per heavy atom. The van der Waals surface area contributed by atoms with Crippen LogP contribution in [0.25, 0.3) is 0 Å². The number of hydrogen-bond acceptors (Lipinski definition) is 5. The summed E-state index contributed by atoms with van der Waals surface area (Å²) in [7, 11) is -3.01. The zero-order valence-electron chi connectivity index (χ0n) is 13.5. The van der Waals surface area contributed by atoms with Crippen molar-refractivity contribution >= 4 is 15.9 Å². The third-order valence-corrected chi connectivity index (χ3v) is 3.39. The molecule has 0 heterocycles. The predicted octanol–water partition coefficient (Wildman–Crippen LogP) is 1.31. The van der Waals surface area contributed by atoms with Crippen molar-refractivity contribution in [3.8, 4) is 0 Å². The van der Waals surface area contributed by atoms with Gasteiger partial charge in [0.15, 0.2) is 0 Å². The van der Waals surface area contributed by atoms with Gasteiger partial charge in [0.05, 0.1) is 11.3 Å². The lowest BCUT2D eigenvalue weighted by Gasteiger charge is -2.30. The highest BCUT2D eigenvalue weighted by Gasteiger charge is 2.25. The lowest BCUT2D eigenvalue weighted by Crippen LogP contribution is -2.53. The van der Waals surface area contributed by atoms with Crippen molar-refractivity contribution in [1.29, 1.82) is 0 Å². The number of rotatable bonds is 6. The van der Waals surface area contributed by atoms with E-state index < -0.39 is 27.1 Å². The van der Waals surface area contributed by atoms with Gasteiger partial charge in [0.2, 0.25) is 0 Å². The molecule has 0 aromatic rings. The average molecular weight is 308 g/mol. The average Bonchev–Trinajstić information content (AvgIpc) is 2.07. The van der Waals surface area contributed by atoms with E-state index >= 15 is 0 Å². The van der Waals surface area contributed by atoms with Crippen molar-refractivity contribution in [3.05, 3.63) is 0 Å². The standard InChI is InChI=1S/C13H28N2O4S/c1-10(8-20(7,17)18)14-9-13(5,6)15-11(16)19-12(2,3)4/h10,14H,8-9H2,1-7H3,(H,15,16). The molecule has 1 unspecified atom stereocenters. The van der Waals surface area contributed by atoms with Crippen LogP contribution in [-0.2, 0) is 14.6 Å². The van der Waals surface area contributed by atoms with Gasteiger partial charge < -0.3 is 15.4 Å². The van der Waals surface area contributed by atoms with Gasteiger partial charge >= 0.3 is 6.09 Å². The molecule has 0 saturated carbocycles. The highest BCUT2D eigenvalue weighted by atomic mass is 32.2. The number of ether oxygens (including phenoxy) is 1. The van der Waals surface area contributed by atoms with Gasteiger partial charge in [-0.25, -0.2) is 13.2 Å². The maximum atomic E-state index is 11.7. The largest absolute Gasteiger partial charge is 0.444 e. The number of carbonyl (C=O) groups excluding carboxylic acids is 1. The zero-order valence-corrected chi connectivity index (χ0v) is 14.3. The number of alkyl carbamates (subject to hydrolysis) is 1. The summed E-state index contributed by atoms with van der Waals surface area (Å²) in [6.07, 6.45) is 0.718. The minimum atomic E-state index is -3.01. The molecule has 1 amide bonds. The second kappa shape index (κ2) is 6.76. The zero-order chi connectivity index (χ0) is 16.2. The molecular formula is C13H28N2O4S. The van der Waals surface area contributed by atoms with Crippen LogP contribution >= 0.6 is 0 Å². The van der Waals surface area contributed by atoms with E-state index in [2.05, 4.69) is 10.6 Å². The SMILES string of the molecule is CC(CS(C)(=O)=O)NCC(C)(C)NC(=O)OC(C)(C)C. The second-order valence-corrected chi connectivity index (χ2v) is 9.07. The van der Waals surface area contributed by atoms with E-state index in [0.29, 0.717) is 6.54 Å². The van der Waals surface area contributed by atoms with Crippen LogP contribution in [0.3, 0.4) is 0 Å². The van der Waals surface area contributed by atoms with E-state index in [0.717, 1.165) is 0 Å². The summed E-state index contributed by atoms with van der Waals surface area (Å²) in [4.78, 5) is 11.7. The third-order valence-electron chi connectivity index (χ3n) is 2.28. The minimum absolute atomic E-state index is 0.0650. The Hall–Kier alpha value is -0.820. The van der Waals surface area contributed by atoms with Crippen molar-refractivity contribution in [3.63, 3.8) is 0 Å². The molecule has 7 heteroatoms. The monoisotopic (exact) mass is 308 g/mol. The lowest BCUT2D eigenvalue weighted by molar-refractivity contribution is 0.0471. The summed E-state index contributed by atoms with van der Waals surface area (Å²) in [5.74, 6) is 0.0650. The van der Waals surface area contributed by atoms with Crippen LogP contribution < -0.4 is 10.6 Å². The first-order valence-corrected chi connectivity index (χ1v) is 8.68. The van der Waals surface area contributed by atoms with E-state index in [4.69, 9.17) is 4.74 Å². The molecule has 0 saturated heterocycles. The number of hydrogen-bond donors (Lipinski definition) is 2. The number of sulfone groups is 1. The fourth-order valence-corrected chi connectivity index (χ4v) is 2.59. The van der Waals surface area contributed by atoms with Crippen molar-refractivity contribution in [1.82, 2.24) is 10.6 Å². The van der Waals surface area contributed by atoms with E-state index in [1.165, 1.54) is 6.26 Å². The Bertz CT molecular complexity index is 424. The fraction of sp³-hybridized carbons (Fsp3) is 0.923. The minimum Gasteiger partial charge on any atom is -0.444 e. The van der Waals surface area contributed by atoms with Crippen LogP contribution in [0, 0.1) is 0 Å². The van der Waals surface area contributed by atoms with Gasteiger partial charge in [-0.2, -0.15) is 0 Å². The first kappa shape index (κ1) is 19.2. The summed E-state index contributed by atoms with van der Waals surface area (Å²) in [6.45, 7) is 11.3. The fourth-order valence-electron chi connectivity index (χ4n) is 1.57. The molecule has 20 heavy (non-hydrogen) atoms. The Morgan fingerprint density at radius 2 is 1.70 bits per heavy atom. The molecule has 0 fully saturated rings. The van der Waals surface area contributed by atoms with Crippen LogP contribution in [0.5, 0.6) is 0 Å². The molecular weight excluding hydrogens is 280 g/mol. The van der Waals surface area contributed by atoms with E-state index in [1.807, 2.05) is 13.8 Å². The first-order valence-electron chi connectivity index (χ1n) is 6.62. The molecule has 1 atom stereocenters. The van der Waals surface area contributed by atoms with Gasteiger partial charge in [-0.15, -0.1) is 0 Å². The Balaban J connectivity index is 4.29. The molecule has 6 nitrogen and oxygen atoms in total.